The molecule has 1 aromatic carbocycles. The maximum Gasteiger partial charge on any atom is 0.254 e. The van der Waals surface area contributed by atoms with Crippen LogP contribution in [0.15, 0.2) is 24.3 Å². The lowest BCUT2D eigenvalue weighted by atomic mass is 9.93. The van der Waals surface area contributed by atoms with E-state index in [9.17, 15) is 4.79 Å². The Balaban J connectivity index is 2.13. The second-order valence-corrected chi connectivity index (χ2v) is 6.14. The van der Waals surface area contributed by atoms with Crippen LogP contribution in [0, 0.1) is 6.92 Å². The third-order valence-electron chi connectivity index (χ3n) is 3.90. The van der Waals surface area contributed by atoms with Crippen molar-refractivity contribution in [1.82, 2.24) is 4.90 Å². The molecule has 0 spiro atoms. The van der Waals surface area contributed by atoms with Gasteiger partial charge < -0.3 is 4.90 Å². The zero-order valence-corrected chi connectivity index (χ0v) is 13.2. The lowest BCUT2D eigenvalue weighted by Gasteiger charge is -2.34. The molecule has 0 saturated heterocycles. The van der Waals surface area contributed by atoms with Gasteiger partial charge in [-0.3, -0.25) is 4.79 Å². The van der Waals surface area contributed by atoms with Crippen molar-refractivity contribution in [3.8, 4) is 0 Å². The fourth-order valence-corrected chi connectivity index (χ4v) is 3.18. The number of hydrogen-bond donors (Lipinski definition) is 0. The number of rotatable bonds is 4. The number of nitrogens with zero attached hydrogens (tertiary/aromatic N) is 1. The van der Waals surface area contributed by atoms with Gasteiger partial charge in [0, 0.05) is 23.5 Å². The lowest BCUT2D eigenvalue weighted by Crippen LogP contribution is -2.42. The number of halogens is 1. The Bertz CT molecular complexity index is 409. The van der Waals surface area contributed by atoms with E-state index in [1.807, 2.05) is 31.2 Å². The zero-order valence-electron chi connectivity index (χ0n) is 11.6. The maximum absolute atomic E-state index is 12.7. The van der Waals surface area contributed by atoms with E-state index in [1.165, 1.54) is 24.8 Å². The van der Waals surface area contributed by atoms with E-state index in [0.717, 1.165) is 30.3 Å². The first-order valence-electron chi connectivity index (χ1n) is 7.16. The molecular weight excluding hydrogens is 302 g/mol. The van der Waals surface area contributed by atoms with Crippen molar-refractivity contribution in [3.05, 3.63) is 35.4 Å². The summed E-state index contributed by atoms with van der Waals surface area (Å²) in [4.78, 5) is 14.7. The summed E-state index contributed by atoms with van der Waals surface area (Å²) in [7, 11) is 0. The molecule has 2 rings (SSSR count). The Kier molecular flexibility index (Phi) is 5.44. The zero-order chi connectivity index (χ0) is 13.7. The fraction of sp³-hybridized carbons (Fsp3) is 0.562. The molecule has 3 heteroatoms. The number of amides is 1. The van der Waals surface area contributed by atoms with E-state index in [4.69, 9.17) is 0 Å². The van der Waals surface area contributed by atoms with Crippen LogP contribution in [0.2, 0.25) is 0 Å². The topological polar surface area (TPSA) is 20.3 Å². The highest BCUT2D eigenvalue weighted by atomic mass is 79.9. The van der Waals surface area contributed by atoms with E-state index in [2.05, 4.69) is 20.8 Å². The molecule has 104 valence electrons. The van der Waals surface area contributed by atoms with E-state index in [0.29, 0.717) is 6.04 Å². The molecular formula is C16H22BrNO. The summed E-state index contributed by atoms with van der Waals surface area (Å²) >= 11 is 3.48. The largest absolute Gasteiger partial charge is 0.335 e. The summed E-state index contributed by atoms with van der Waals surface area (Å²) < 4.78 is 0. The van der Waals surface area contributed by atoms with Crippen LogP contribution in [-0.4, -0.2) is 28.7 Å². The van der Waals surface area contributed by atoms with Gasteiger partial charge in [-0.15, -0.1) is 0 Å². The van der Waals surface area contributed by atoms with E-state index in [-0.39, 0.29) is 5.91 Å². The quantitative estimate of drug-likeness (QED) is 0.762. The van der Waals surface area contributed by atoms with E-state index < -0.39 is 0 Å². The number of benzene rings is 1. The average Bonchev–Trinajstić information content (AvgIpc) is 2.46. The Hall–Kier alpha value is -0.830. The van der Waals surface area contributed by atoms with Gasteiger partial charge in [-0.1, -0.05) is 52.9 Å². The highest BCUT2D eigenvalue weighted by Crippen LogP contribution is 2.24. The van der Waals surface area contributed by atoms with Crippen LogP contribution in [0.25, 0.3) is 0 Å². The highest BCUT2D eigenvalue weighted by Gasteiger charge is 2.25. The van der Waals surface area contributed by atoms with Crippen molar-refractivity contribution in [2.75, 3.05) is 11.9 Å². The van der Waals surface area contributed by atoms with E-state index in [1.54, 1.807) is 0 Å². The number of hydrogen-bond acceptors (Lipinski definition) is 1. The van der Waals surface area contributed by atoms with Crippen molar-refractivity contribution in [3.63, 3.8) is 0 Å². The van der Waals surface area contributed by atoms with Crippen molar-refractivity contribution < 1.29 is 4.79 Å². The summed E-state index contributed by atoms with van der Waals surface area (Å²) in [5.41, 5.74) is 2.01. The van der Waals surface area contributed by atoms with Gasteiger partial charge in [-0.05, 0) is 31.9 Å². The van der Waals surface area contributed by atoms with Crippen molar-refractivity contribution in [2.45, 2.75) is 45.1 Å². The minimum Gasteiger partial charge on any atom is -0.335 e. The van der Waals surface area contributed by atoms with Crippen LogP contribution >= 0.6 is 15.9 Å². The first-order valence-corrected chi connectivity index (χ1v) is 8.28. The third-order valence-corrected chi connectivity index (χ3v) is 4.25. The van der Waals surface area contributed by atoms with Crippen LogP contribution in [0.5, 0.6) is 0 Å². The molecule has 1 aliphatic carbocycles. The molecule has 1 aromatic rings. The summed E-state index contributed by atoms with van der Waals surface area (Å²) in [6.07, 6.45) is 6.14. The van der Waals surface area contributed by atoms with Gasteiger partial charge in [0.2, 0.25) is 0 Å². The third kappa shape index (κ3) is 3.82. The molecule has 0 atom stereocenters. The summed E-state index contributed by atoms with van der Waals surface area (Å²) in [5, 5.41) is 0.848. The van der Waals surface area contributed by atoms with Gasteiger partial charge >= 0.3 is 0 Å². The Labute approximate surface area is 124 Å². The normalized spacial score (nSPS) is 16.3. The van der Waals surface area contributed by atoms with Gasteiger partial charge in [0.15, 0.2) is 0 Å². The smallest absolute Gasteiger partial charge is 0.254 e. The molecule has 0 N–H and O–H groups in total. The maximum atomic E-state index is 12.7. The van der Waals surface area contributed by atoms with Crippen molar-refractivity contribution in [1.29, 1.82) is 0 Å². The van der Waals surface area contributed by atoms with Gasteiger partial charge in [0.25, 0.3) is 5.91 Å². The van der Waals surface area contributed by atoms with Gasteiger partial charge in [-0.25, -0.2) is 0 Å². The molecule has 1 fully saturated rings. The van der Waals surface area contributed by atoms with Crippen LogP contribution < -0.4 is 0 Å². The average molecular weight is 324 g/mol. The minimum atomic E-state index is 0.186. The number of aryl methyl sites for hydroxylation is 1. The van der Waals surface area contributed by atoms with Gasteiger partial charge in [-0.2, -0.15) is 0 Å². The Morgan fingerprint density at radius 1 is 1.21 bits per heavy atom. The predicted octanol–water partition coefficient (Wildman–Crippen LogP) is 4.16. The van der Waals surface area contributed by atoms with Crippen molar-refractivity contribution in [2.24, 2.45) is 0 Å². The fourth-order valence-electron chi connectivity index (χ4n) is 2.80. The van der Waals surface area contributed by atoms with Crippen LogP contribution in [-0.2, 0) is 0 Å². The molecule has 0 unspecified atom stereocenters. The Morgan fingerprint density at radius 3 is 2.42 bits per heavy atom. The molecule has 0 aromatic heterocycles. The molecule has 1 amide bonds. The van der Waals surface area contributed by atoms with Gasteiger partial charge in [0.1, 0.15) is 0 Å². The second-order valence-electron chi connectivity index (χ2n) is 5.35. The molecule has 0 bridgehead atoms. The molecule has 0 heterocycles. The lowest BCUT2D eigenvalue weighted by molar-refractivity contribution is 0.0651. The molecule has 0 radical (unpaired) electrons. The van der Waals surface area contributed by atoms with Crippen LogP contribution in [0.1, 0.15) is 48.0 Å². The van der Waals surface area contributed by atoms with Crippen LogP contribution in [0.4, 0.5) is 0 Å². The number of carbonyl (C=O) groups excluding carboxylic acids is 1. The first-order chi connectivity index (χ1) is 9.22. The summed E-state index contributed by atoms with van der Waals surface area (Å²) in [6, 6.07) is 8.35. The molecule has 1 saturated carbocycles. The minimum absolute atomic E-state index is 0.186. The number of carbonyl (C=O) groups is 1. The van der Waals surface area contributed by atoms with E-state index >= 15 is 0 Å². The molecule has 0 aliphatic heterocycles. The molecule has 1 aliphatic rings. The predicted molar refractivity (Wildman–Crippen MR) is 82.9 cm³/mol. The van der Waals surface area contributed by atoms with Gasteiger partial charge in [0.05, 0.1) is 0 Å². The SMILES string of the molecule is Cc1ccc(C(=O)N(CCBr)C2CCCCC2)cc1. The summed E-state index contributed by atoms with van der Waals surface area (Å²) in [6.45, 7) is 2.85. The Morgan fingerprint density at radius 2 is 1.84 bits per heavy atom. The first kappa shape index (κ1) is 14.6. The standard InChI is InChI=1S/C16H22BrNO/c1-13-7-9-14(10-8-13)16(19)18(12-11-17)15-5-3-2-4-6-15/h7-10,15H,2-6,11-12H2,1H3. The monoisotopic (exact) mass is 323 g/mol. The highest BCUT2D eigenvalue weighted by molar-refractivity contribution is 9.09. The van der Waals surface area contributed by atoms with Crippen LogP contribution in [0.3, 0.4) is 0 Å². The molecule has 19 heavy (non-hydrogen) atoms. The second kappa shape index (κ2) is 7.09. The number of alkyl halides is 1. The van der Waals surface area contributed by atoms with Crippen molar-refractivity contribution >= 4 is 21.8 Å². The summed E-state index contributed by atoms with van der Waals surface area (Å²) in [5.74, 6) is 0.186. The molecule has 2 nitrogen and oxygen atoms in total.